The summed E-state index contributed by atoms with van der Waals surface area (Å²) in [6.45, 7) is 3.71. The second-order valence-electron chi connectivity index (χ2n) is 6.95. The van der Waals surface area contributed by atoms with E-state index in [1.807, 2.05) is 32.0 Å². The van der Waals surface area contributed by atoms with E-state index < -0.39 is 9.84 Å². The van der Waals surface area contributed by atoms with Crippen molar-refractivity contribution < 1.29 is 18.0 Å². The summed E-state index contributed by atoms with van der Waals surface area (Å²) in [4.78, 5) is 24.9. The monoisotopic (exact) mass is 371 g/mol. The maximum Gasteiger partial charge on any atom is 0.175 e. The van der Waals surface area contributed by atoms with Crippen LogP contribution in [0.1, 0.15) is 52.6 Å². The molecular weight excluding hydrogens is 350 g/mol. The Bertz CT molecular complexity index is 993. The lowest BCUT2D eigenvalue weighted by molar-refractivity contribution is 0.0938. The van der Waals surface area contributed by atoms with Crippen LogP contribution in [0.25, 0.3) is 0 Å². The number of sulfone groups is 1. The van der Waals surface area contributed by atoms with Crippen molar-refractivity contribution in [2.45, 2.75) is 31.2 Å². The van der Waals surface area contributed by atoms with Crippen molar-refractivity contribution >= 4 is 27.1 Å². The molecule has 2 aromatic rings. The summed E-state index contributed by atoms with van der Waals surface area (Å²) in [6, 6.07) is 11.6. The topological polar surface area (TPSA) is 80.3 Å². The number of nitrogens with one attached hydrogen (secondary N) is 1. The maximum atomic E-state index is 12.6. The van der Waals surface area contributed by atoms with Crippen LogP contribution in [0.3, 0.4) is 0 Å². The summed E-state index contributed by atoms with van der Waals surface area (Å²) in [7, 11) is -3.37. The molecule has 0 aliphatic carbocycles. The summed E-state index contributed by atoms with van der Waals surface area (Å²) in [5.74, 6) is -0.150. The van der Waals surface area contributed by atoms with Crippen LogP contribution in [-0.2, 0) is 9.84 Å². The predicted molar refractivity (Wildman–Crippen MR) is 100 cm³/mol. The van der Waals surface area contributed by atoms with E-state index in [0.29, 0.717) is 16.8 Å². The fraction of sp³-hybridized carbons (Fsp3) is 0.300. The molecule has 1 aliphatic rings. The largest absolute Gasteiger partial charge is 0.377 e. The van der Waals surface area contributed by atoms with Gasteiger partial charge in [-0.3, -0.25) is 9.59 Å². The first-order valence-corrected chi connectivity index (χ1v) is 10.3. The van der Waals surface area contributed by atoms with Crippen LogP contribution in [0.5, 0.6) is 0 Å². The number of anilines is 1. The van der Waals surface area contributed by atoms with Crippen molar-refractivity contribution in [3.63, 3.8) is 0 Å². The Hall–Kier alpha value is -2.47. The summed E-state index contributed by atoms with van der Waals surface area (Å²) in [5.41, 5.74) is 2.49. The standard InChI is InChI=1S/C20H21NO4S/c1-12(2)20(23)14-6-4-5-13(9-14)18-11-19(22)16-10-15(26(3,24)25)7-8-17(16)21-18/h4-10,12,18,21H,11H2,1-3H3. The van der Waals surface area contributed by atoms with E-state index in [2.05, 4.69) is 5.32 Å². The molecule has 0 saturated carbocycles. The van der Waals surface area contributed by atoms with Gasteiger partial charge in [0.05, 0.1) is 10.9 Å². The molecule has 1 heterocycles. The van der Waals surface area contributed by atoms with E-state index in [0.717, 1.165) is 11.8 Å². The minimum Gasteiger partial charge on any atom is -0.377 e. The molecule has 0 spiro atoms. The van der Waals surface area contributed by atoms with Crippen LogP contribution in [0.4, 0.5) is 5.69 Å². The zero-order chi connectivity index (χ0) is 19.1. The molecule has 3 rings (SSSR count). The molecule has 136 valence electrons. The average molecular weight is 371 g/mol. The second kappa shape index (κ2) is 6.68. The quantitative estimate of drug-likeness (QED) is 0.830. The number of fused-ring (bicyclic) bond motifs is 1. The van der Waals surface area contributed by atoms with E-state index >= 15 is 0 Å². The maximum absolute atomic E-state index is 12.6. The molecule has 1 unspecified atom stereocenters. The minimum absolute atomic E-state index is 0.0622. The number of rotatable bonds is 4. The highest BCUT2D eigenvalue weighted by atomic mass is 32.2. The normalized spacial score (nSPS) is 16.9. The molecule has 0 radical (unpaired) electrons. The number of carbonyl (C=O) groups is 2. The van der Waals surface area contributed by atoms with Crippen LogP contribution >= 0.6 is 0 Å². The molecule has 5 nitrogen and oxygen atoms in total. The third-order valence-electron chi connectivity index (χ3n) is 4.54. The van der Waals surface area contributed by atoms with Crippen LogP contribution in [0.15, 0.2) is 47.4 Å². The predicted octanol–water partition coefficient (Wildman–Crippen LogP) is 3.67. The average Bonchev–Trinajstić information content (AvgIpc) is 2.60. The molecule has 0 saturated heterocycles. The van der Waals surface area contributed by atoms with Crippen molar-refractivity contribution in [2.75, 3.05) is 11.6 Å². The molecule has 6 heteroatoms. The van der Waals surface area contributed by atoms with Crippen molar-refractivity contribution in [3.05, 3.63) is 59.2 Å². The summed E-state index contributed by atoms with van der Waals surface area (Å²) in [5, 5.41) is 3.29. The van der Waals surface area contributed by atoms with Crippen molar-refractivity contribution in [3.8, 4) is 0 Å². The third kappa shape index (κ3) is 3.55. The zero-order valence-electron chi connectivity index (χ0n) is 14.9. The van der Waals surface area contributed by atoms with E-state index in [1.54, 1.807) is 12.1 Å². The van der Waals surface area contributed by atoms with Crippen LogP contribution < -0.4 is 5.32 Å². The van der Waals surface area contributed by atoms with Crippen LogP contribution in [0.2, 0.25) is 0 Å². The van der Waals surface area contributed by atoms with Gasteiger partial charge in [-0.25, -0.2) is 8.42 Å². The number of hydrogen-bond acceptors (Lipinski definition) is 5. The highest BCUT2D eigenvalue weighted by molar-refractivity contribution is 7.90. The Kier molecular flexibility index (Phi) is 4.71. The van der Waals surface area contributed by atoms with Gasteiger partial charge in [0.25, 0.3) is 0 Å². The SMILES string of the molecule is CC(C)C(=O)c1cccc(C2CC(=O)c3cc(S(C)(=O)=O)ccc3N2)c1. The Balaban J connectivity index is 1.94. The highest BCUT2D eigenvalue weighted by Gasteiger charge is 2.27. The number of hydrogen-bond donors (Lipinski definition) is 1. The van der Waals surface area contributed by atoms with Gasteiger partial charge in [0.1, 0.15) is 0 Å². The van der Waals surface area contributed by atoms with Crippen molar-refractivity contribution in [1.82, 2.24) is 0 Å². The second-order valence-corrected chi connectivity index (χ2v) is 8.96. The molecule has 0 amide bonds. The lowest BCUT2D eigenvalue weighted by Gasteiger charge is -2.27. The van der Waals surface area contributed by atoms with Gasteiger partial charge in [-0.15, -0.1) is 0 Å². The first-order chi connectivity index (χ1) is 12.2. The van der Waals surface area contributed by atoms with Crippen LogP contribution in [0, 0.1) is 5.92 Å². The lowest BCUT2D eigenvalue weighted by atomic mass is 9.90. The summed E-state index contributed by atoms with van der Waals surface area (Å²) < 4.78 is 23.4. The molecule has 2 aromatic carbocycles. The third-order valence-corrected chi connectivity index (χ3v) is 5.65. The lowest BCUT2D eigenvalue weighted by Crippen LogP contribution is -2.23. The molecule has 0 aromatic heterocycles. The molecule has 1 N–H and O–H groups in total. The Morgan fingerprint density at radius 2 is 1.88 bits per heavy atom. The van der Waals surface area contributed by atoms with Crippen molar-refractivity contribution in [1.29, 1.82) is 0 Å². The first kappa shape index (κ1) is 18.3. The van der Waals surface area contributed by atoms with Crippen LogP contribution in [-0.4, -0.2) is 26.2 Å². The van der Waals surface area contributed by atoms with Gasteiger partial charge in [0.15, 0.2) is 21.4 Å². The molecular formula is C20H21NO4S. The number of ketones is 2. The molecule has 1 aliphatic heterocycles. The minimum atomic E-state index is -3.37. The smallest absolute Gasteiger partial charge is 0.175 e. The highest BCUT2D eigenvalue weighted by Crippen LogP contribution is 2.34. The molecule has 26 heavy (non-hydrogen) atoms. The van der Waals surface area contributed by atoms with Gasteiger partial charge in [-0.05, 0) is 29.8 Å². The number of carbonyl (C=O) groups excluding carboxylic acids is 2. The Morgan fingerprint density at radius 3 is 2.54 bits per heavy atom. The number of benzene rings is 2. The molecule has 0 fully saturated rings. The van der Waals surface area contributed by atoms with E-state index in [1.165, 1.54) is 12.1 Å². The first-order valence-electron chi connectivity index (χ1n) is 8.45. The molecule has 0 bridgehead atoms. The van der Waals surface area contributed by atoms with Gasteiger partial charge >= 0.3 is 0 Å². The van der Waals surface area contributed by atoms with Gasteiger partial charge in [-0.1, -0.05) is 32.0 Å². The van der Waals surface area contributed by atoms with Gasteiger partial charge in [0.2, 0.25) is 0 Å². The summed E-state index contributed by atoms with van der Waals surface area (Å²) in [6.07, 6.45) is 1.33. The molecule has 1 atom stereocenters. The fourth-order valence-electron chi connectivity index (χ4n) is 3.09. The fourth-order valence-corrected chi connectivity index (χ4v) is 3.74. The Morgan fingerprint density at radius 1 is 1.15 bits per heavy atom. The number of Topliss-reactive ketones (excluding diaryl/α,β-unsaturated/α-hetero) is 2. The van der Waals surface area contributed by atoms with E-state index in [9.17, 15) is 18.0 Å². The van der Waals surface area contributed by atoms with E-state index in [4.69, 9.17) is 0 Å². The van der Waals surface area contributed by atoms with Gasteiger partial charge < -0.3 is 5.32 Å². The van der Waals surface area contributed by atoms with Crippen molar-refractivity contribution in [2.24, 2.45) is 5.92 Å². The zero-order valence-corrected chi connectivity index (χ0v) is 15.8. The van der Waals surface area contributed by atoms with E-state index in [-0.39, 0.29) is 34.8 Å². The van der Waals surface area contributed by atoms with Gasteiger partial charge in [0, 0.05) is 35.4 Å². The van der Waals surface area contributed by atoms with Gasteiger partial charge in [-0.2, -0.15) is 0 Å². The summed E-state index contributed by atoms with van der Waals surface area (Å²) >= 11 is 0. The Labute approximate surface area is 153 Å².